The van der Waals surface area contributed by atoms with E-state index in [0.29, 0.717) is 12.1 Å². The Kier molecular flexibility index (Phi) is 5.28. The topological polar surface area (TPSA) is 81.2 Å². The van der Waals surface area contributed by atoms with E-state index in [4.69, 9.17) is 5.11 Å². The van der Waals surface area contributed by atoms with Gasteiger partial charge in [0.2, 0.25) is 0 Å². The minimum atomic E-state index is 0.109. The Balaban J connectivity index is 1.34. The van der Waals surface area contributed by atoms with Crippen LogP contribution in [0, 0.1) is 11.8 Å². The molecule has 4 rings (SSSR count). The van der Waals surface area contributed by atoms with Crippen LogP contribution in [0.2, 0.25) is 0 Å². The van der Waals surface area contributed by atoms with E-state index in [9.17, 15) is 0 Å². The Morgan fingerprint density at radius 2 is 1.85 bits per heavy atom. The molecule has 0 aliphatic carbocycles. The summed E-state index contributed by atoms with van der Waals surface area (Å²) >= 11 is 0. The zero-order valence-electron chi connectivity index (χ0n) is 15.1. The van der Waals surface area contributed by atoms with Crippen molar-refractivity contribution in [2.24, 2.45) is 0 Å². The maximum atomic E-state index is 8.78. The average Bonchev–Trinajstić information content (AvgIpc) is 3.19. The summed E-state index contributed by atoms with van der Waals surface area (Å²) in [5.74, 6) is 6.95. The summed E-state index contributed by atoms with van der Waals surface area (Å²) in [6, 6.07) is 8.36. The van der Waals surface area contributed by atoms with Crippen LogP contribution in [0.1, 0.15) is 17.5 Å². The lowest BCUT2D eigenvalue weighted by atomic mass is 10.1. The molecule has 1 fully saturated rings. The highest BCUT2D eigenvalue weighted by Gasteiger charge is 2.20. The van der Waals surface area contributed by atoms with Crippen LogP contribution in [0.4, 0.5) is 5.82 Å². The summed E-state index contributed by atoms with van der Waals surface area (Å²) in [4.78, 5) is 20.7. The quantitative estimate of drug-likeness (QED) is 0.683. The lowest BCUT2D eigenvalue weighted by Crippen LogP contribution is -2.46. The van der Waals surface area contributed by atoms with Crippen molar-refractivity contribution in [2.45, 2.75) is 13.0 Å². The second kappa shape index (κ2) is 8.16. The van der Waals surface area contributed by atoms with Gasteiger partial charge in [0.15, 0.2) is 11.5 Å². The fourth-order valence-electron chi connectivity index (χ4n) is 3.28. The van der Waals surface area contributed by atoms with E-state index in [1.807, 2.05) is 12.1 Å². The van der Waals surface area contributed by atoms with Crippen molar-refractivity contribution in [3.8, 4) is 11.8 Å². The maximum Gasteiger partial charge on any atom is 0.182 e. The molecule has 138 valence electrons. The Labute approximate surface area is 158 Å². The lowest BCUT2D eigenvalue weighted by Gasteiger charge is -2.35. The van der Waals surface area contributed by atoms with E-state index < -0.39 is 0 Å². The molecule has 7 nitrogen and oxygen atoms in total. The average molecular weight is 362 g/mol. The minimum Gasteiger partial charge on any atom is -0.395 e. The second-order valence-electron chi connectivity index (χ2n) is 6.53. The minimum absolute atomic E-state index is 0.109. The highest BCUT2D eigenvalue weighted by molar-refractivity contribution is 5.82. The van der Waals surface area contributed by atoms with Crippen molar-refractivity contribution in [1.29, 1.82) is 0 Å². The van der Waals surface area contributed by atoms with Crippen LogP contribution in [0.25, 0.3) is 11.2 Å². The van der Waals surface area contributed by atoms with Gasteiger partial charge in [-0.15, -0.1) is 0 Å². The lowest BCUT2D eigenvalue weighted by molar-refractivity contribution is 0.249. The van der Waals surface area contributed by atoms with Gasteiger partial charge in [-0.05, 0) is 17.7 Å². The van der Waals surface area contributed by atoms with Gasteiger partial charge in [0.25, 0.3) is 0 Å². The molecule has 3 heterocycles. The summed E-state index contributed by atoms with van der Waals surface area (Å²) in [6.45, 7) is 4.86. The Hall–Kier alpha value is -2.95. The number of benzene rings is 1. The van der Waals surface area contributed by atoms with E-state index in [2.05, 4.69) is 53.7 Å². The smallest absolute Gasteiger partial charge is 0.182 e. The first-order chi connectivity index (χ1) is 13.3. The van der Waals surface area contributed by atoms with Crippen LogP contribution >= 0.6 is 0 Å². The van der Waals surface area contributed by atoms with Crippen molar-refractivity contribution in [1.82, 2.24) is 24.8 Å². The molecular formula is C20H22N6O. The van der Waals surface area contributed by atoms with Crippen LogP contribution < -0.4 is 4.90 Å². The number of aromatic amines is 1. The molecule has 3 aromatic rings. The van der Waals surface area contributed by atoms with Crippen LogP contribution in [0.3, 0.4) is 0 Å². The Bertz CT molecular complexity index is 948. The summed E-state index contributed by atoms with van der Waals surface area (Å²) in [5.41, 5.74) is 3.90. The molecule has 0 saturated carbocycles. The highest BCUT2D eigenvalue weighted by atomic mass is 16.2. The molecule has 2 aromatic heterocycles. The second-order valence-corrected chi connectivity index (χ2v) is 6.53. The molecule has 7 heteroatoms. The number of nitrogens with zero attached hydrogens (tertiary/aromatic N) is 5. The largest absolute Gasteiger partial charge is 0.395 e. The summed E-state index contributed by atoms with van der Waals surface area (Å²) in [5, 5.41) is 8.78. The number of hydrogen-bond donors (Lipinski definition) is 2. The maximum absolute atomic E-state index is 8.78. The molecule has 0 radical (unpaired) electrons. The molecule has 1 aliphatic rings. The van der Waals surface area contributed by atoms with Gasteiger partial charge in [-0.3, -0.25) is 4.90 Å². The van der Waals surface area contributed by atoms with E-state index in [0.717, 1.165) is 49.6 Å². The van der Waals surface area contributed by atoms with Gasteiger partial charge in [0.05, 0.1) is 12.9 Å². The van der Waals surface area contributed by atoms with Crippen molar-refractivity contribution in [3.63, 3.8) is 0 Å². The van der Waals surface area contributed by atoms with Crippen LogP contribution in [0.5, 0.6) is 0 Å². The molecular weight excluding hydrogens is 340 g/mol. The third kappa shape index (κ3) is 4.08. The number of imidazole rings is 1. The molecule has 2 N–H and O–H groups in total. The molecule has 1 saturated heterocycles. The monoisotopic (exact) mass is 362 g/mol. The molecule has 1 aromatic carbocycles. The fourth-order valence-corrected chi connectivity index (χ4v) is 3.28. The number of aliphatic hydroxyl groups is 1. The number of hydrogen-bond acceptors (Lipinski definition) is 6. The third-order valence-corrected chi connectivity index (χ3v) is 4.70. The number of rotatable bonds is 4. The number of nitrogens with one attached hydrogen (secondary N) is 1. The zero-order chi connectivity index (χ0) is 18.5. The number of aromatic nitrogens is 4. The van der Waals surface area contributed by atoms with E-state index in [1.165, 1.54) is 5.56 Å². The molecule has 0 amide bonds. The van der Waals surface area contributed by atoms with E-state index in [1.54, 1.807) is 12.7 Å². The van der Waals surface area contributed by atoms with Gasteiger partial charge in [0, 0.05) is 44.7 Å². The first kappa shape index (κ1) is 17.5. The van der Waals surface area contributed by atoms with Gasteiger partial charge in [-0.2, -0.15) is 0 Å². The number of piperazine rings is 1. The van der Waals surface area contributed by atoms with E-state index in [-0.39, 0.29) is 6.61 Å². The van der Waals surface area contributed by atoms with Crippen LogP contribution in [0.15, 0.2) is 36.9 Å². The van der Waals surface area contributed by atoms with Crippen molar-refractivity contribution < 1.29 is 5.11 Å². The first-order valence-corrected chi connectivity index (χ1v) is 9.13. The molecule has 1 aliphatic heterocycles. The molecule has 0 bridgehead atoms. The fraction of sp³-hybridized carbons (Fsp3) is 0.350. The molecule has 27 heavy (non-hydrogen) atoms. The summed E-state index contributed by atoms with van der Waals surface area (Å²) < 4.78 is 0. The first-order valence-electron chi connectivity index (χ1n) is 9.13. The summed E-state index contributed by atoms with van der Waals surface area (Å²) in [7, 11) is 0. The van der Waals surface area contributed by atoms with Gasteiger partial charge in [-0.1, -0.05) is 24.0 Å². The number of fused-ring (bicyclic) bond motifs is 1. The molecule has 0 spiro atoms. The van der Waals surface area contributed by atoms with Crippen LogP contribution in [-0.2, 0) is 6.54 Å². The van der Waals surface area contributed by atoms with Gasteiger partial charge < -0.3 is 15.0 Å². The number of anilines is 1. The number of aliphatic hydroxyl groups excluding tert-OH is 1. The van der Waals surface area contributed by atoms with E-state index >= 15 is 0 Å². The Morgan fingerprint density at radius 3 is 2.63 bits per heavy atom. The third-order valence-electron chi connectivity index (χ3n) is 4.70. The van der Waals surface area contributed by atoms with Crippen LogP contribution in [-0.4, -0.2) is 62.7 Å². The summed E-state index contributed by atoms with van der Waals surface area (Å²) in [6.07, 6.45) is 3.76. The van der Waals surface area contributed by atoms with Gasteiger partial charge in [-0.25, -0.2) is 15.0 Å². The number of H-pyrrole nitrogens is 1. The van der Waals surface area contributed by atoms with Crippen molar-refractivity contribution in [3.05, 3.63) is 48.0 Å². The van der Waals surface area contributed by atoms with Crippen molar-refractivity contribution in [2.75, 3.05) is 37.7 Å². The predicted octanol–water partition coefficient (Wildman–Crippen LogP) is 1.41. The van der Waals surface area contributed by atoms with Crippen molar-refractivity contribution >= 4 is 17.0 Å². The normalized spacial score (nSPS) is 14.9. The zero-order valence-corrected chi connectivity index (χ0v) is 15.1. The van der Waals surface area contributed by atoms with Gasteiger partial charge >= 0.3 is 0 Å². The standard InChI is InChI=1S/C20H22N6O/c27-12-2-1-3-16-4-6-17(7-5-16)13-25-8-10-26(11-9-25)20-18-19(22-14-21-18)23-15-24-20/h4-7,14-15,27H,2,8-13H2,(H,21,22,23,24). The Morgan fingerprint density at radius 1 is 1.04 bits per heavy atom. The molecule has 0 atom stereocenters. The predicted molar refractivity (Wildman–Crippen MR) is 104 cm³/mol. The SMILES string of the molecule is OCCC#Cc1ccc(CN2CCN(c3ncnc4nc[nH]c34)CC2)cc1. The highest BCUT2D eigenvalue weighted by Crippen LogP contribution is 2.21. The molecule has 0 unspecified atom stereocenters. The van der Waals surface area contributed by atoms with Gasteiger partial charge in [0.1, 0.15) is 11.8 Å².